The molecule has 6 heteroatoms. The van der Waals surface area contributed by atoms with Crippen LogP contribution in [-0.4, -0.2) is 6.54 Å². The molecule has 1 unspecified atom stereocenters. The van der Waals surface area contributed by atoms with Crippen LogP contribution in [0.15, 0.2) is 41.2 Å². The third-order valence-corrected chi connectivity index (χ3v) is 3.11. The van der Waals surface area contributed by atoms with E-state index in [9.17, 15) is 17.6 Å². The second-order valence-corrected chi connectivity index (χ2v) is 4.68. The van der Waals surface area contributed by atoms with E-state index < -0.39 is 23.6 Å². The van der Waals surface area contributed by atoms with Gasteiger partial charge in [-0.1, -0.05) is 13.0 Å². The van der Waals surface area contributed by atoms with Gasteiger partial charge in [-0.3, -0.25) is 0 Å². The Labute approximate surface area is 119 Å². The van der Waals surface area contributed by atoms with Gasteiger partial charge in [0.2, 0.25) is 0 Å². The zero-order chi connectivity index (χ0) is 15.5. The van der Waals surface area contributed by atoms with Gasteiger partial charge in [0, 0.05) is 5.56 Å². The summed E-state index contributed by atoms with van der Waals surface area (Å²) in [6.07, 6.45) is -0.888. The zero-order valence-corrected chi connectivity index (χ0v) is 11.4. The van der Waals surface area contributed by atoms with E-state index in [-0.39, 0.29) is 0 Å². The van der Waals surface area contributed by atoms with E-state index in [1.165, 1.54) is 18.6 Å². The molecule has 1 aromatic carbocycles. The highest BCUT2D eigenvalue weighted by Crippen LogP contribution is 2.33. The highest BCUT2D eigenvalue weighted by molar-refractivity contribution is 5.33. The minimum absolute atomic E-state index is 0.402. The normalized spacial score (nSPS) is 13.4. The number of halogens is 4. The monoisotopic (exact) mass is 301 g/mol. The Balaban J connectivity index is 2.35. The molecule has 0 amide bonds. The van der Waals surface area contributed by atoms with Crippen LogP contribution in [0.25, 0.3) is 0 Å². The maximum absolute atomic E-state index is 13.7. The highest BCUT2D eigenvalue weighted by Gasteiger charge is 2.34. The van der Waals surface area contributed by atoms with Gasteiger partial charge in [0.05, 0.1) is 24.1 Å². The van der Waals surface area contributed by atoms with Crippen molar-refractivity contribution in [3.63, 3.8) is 0 Å². The Morgan fingerprint density at radius 2 is 1.95 bits per heavy atom. The molecular weight excluding hydrogens is 286 g/mol. The lowest BCUT2D eigenvalue weighted by atomic mass is 9.99. The molecule has 0 spiro atoms. The fourth-order valence-corrected chi connectivity index (χ4v) is 2.10. The predicted octanol–water partition coefficient (Wildman–Crippen LogP) is 4.53. The van der Waals surface area contributed by atoms with Gasteiger partial charge in [-0.2, -0.15) is 13.2 Å². The molecule has 1 atom stereocenters. The summed E-state index contributed by atoms with van der Waals surface area (Å²) in [6, 6.07) is 4.27. The second kappa shape index (κ2) is 6.30. The van der Waals surface area contributed by atoms with E-state index in [0.717, 1.165) is 24.1 Å². The lowest BCUT2D eigenvalue weighted by Gasteiger charge is -2.19. The van der Waals surface area contributed by atoms with Crippen molar-refractivity contribution in [2.45, 2.75) is 25.6 Å². The van der Waals surface area contributed by atoms with Gasteiger partial charge in [0.15, 0.2) is 0 Å². The molecule has 0 saturated heterocycles. The van der Waals surface area contributed by atoms with Gasteiger partial charge >= 0.3 is 6.18 Å². The number of alkyl halides is 3. The summed E-state index contributed by atoms with van der Waals surface area (Å²) in [6.45, 7) is 2.62. The van der Waals surface area contributed by atoms with E-state index in [0.29, 0.717) is 12.1 Å². The average molecular weight is 301 g/mol. The first-order valence-corrected chi connectivity index (χ1v) is 6.55. The molecule has 0 saturated carbocycles. The molecular formula is C15H15F4NO. The van der Waals surface area contributed by atoms with Crippen LogP contribution in [0.2, 0.25) is 0 Å². The molecule has 1 N–H and O–H groups in total. The Kier molecular flexibility index (Phi) is 4.67. The third-order valence-electron chi connectivity index (χ3n) is 3.11. The van der Waals surface area contributed by atoms with Gasteiger partial charge in [-0.15, -0.1) is 0 Å². The Hall–Kier alpha value is -1.82. The average Bonchev–Trinajstić information content (AvgIpc) is 2.91. The maximum Gasteiger partial charge on any atom is 0.419 e. The topological polar surface area (TPSA) is 25.2 Å². The summed E-state index contributed by atoms with van der Waals surface area (Å²) >= 11 is 0. The molecule has 2 nitrogen and oxygen atoms in total. The van der Waals surface area contributed by atoms with Crippen LogP contribution in [0.3, 0.4) is 0 Å². The van der Waals surface area contributed by atoms with Gasteiger partial charge in [0.1, 0.15) is 5.82 Å². The number of hydrogen-bond donors (Lipinski definition) is 1. The van der Waals surface area contributed by atoms with E-state index in [4.69, 9.17) is 4.42 Å². The molecule has 0 bridgehead atoms. The van der Waals surface area contributed by atoms with E-state index in [1.807, 2.05) is 6.92 Å². The van der Waals surface area contributed by atoms with Crippen molar-refractivity contribution in [2.75, 3.05) is 6.54 Å². The van der Waals surface area contributed by atoms with Gasteiger partial charge < -0.3 is 9.73 Å². The summed E-state index contributed by atoms with van der Waals surface area (Å²) in [5, 5.41) is 3.17. The molecule has 1 heterocycles. The molecule has 2 rings (SSSR count). The van der Waals surface area contributed by atoms with Gasteiger partial charge in [0.25, 0.3) is 0 Å². The number of rotatable bonds is 5. The van der Waals surface area contributed by atoms with Crippen molar-refractivity contribution in [3.05, 3.63) is 59.3 Å². The first-order chi connectivity index (χ1) is 9.93. The van der Waals surface area contributed by atoms with Crippen LogP contribution >= 0.6 is 0 Å². The van der Waals surface area contributed by atoms with E-state index in [2.05, 4.69) is 5.32 Å². The molecule has 114 valence electrons. The van der Waals surface area contributed by atoms with Gasteiger partial charge in [-0.05, 0) is 36.7 Å². The van der Waals surface area contributed by atoms with Crippen molar-refractivity contribution in [3.8, 4) is 0 Å². The SMILES string of the molecule is CCCNC(c1ccoc1)c1ccc(C(F)(F)F)c(F)c1. The molecule has 0 aliphatic rings. The minimum atomic E-state index is -4.69. The molecule has 2 aromatic rings. The first-order valence-electron chi connectivity index (χ1n) is 6.55. The quantitative estimate of drug-likeness (QED) is 0.821. The standard InChI is InChI=1S/C15H15F4NO/c1-2-6-20-14(11-5-7-21-9-11)10-3-4-12(13(16)8-10)15(17,18)19/h3-5,7-9,14,20H,2,6H2,1H3. The summed E-state index contributed by atoms with van der Waals surface area (Å²) in [5.74, 6) is -1.27. The maximum atomic E-state index is 13.7. The number of benzene rings is 1. The van der Waals surface area contributed by atoms with Crippen molar-refractivity contribution < 1.29 is 22.0 Å². The van der Waals surface area contributed by atoms with Crippen LogP contribution in [0.4, 0.5) is 17.6 Å². The summed E-state index contributed by atoms with van der Waals surface area (Å²) < 4.78 is 56.5. The fraction of sp³-hybridized carbons (Fsp3) is 0.333. The summed E-state index contributed by atoms with van der Waals surface area (Å²) in [4.78, 5) is 0. The lowest BCUT2D eigenvalue weighted by molar-refractivity contribution is -0.140. The van der Waals surface area contributed by atoms with Crippen LogP contribution in [0, 0.1) is 5.82 Å². The first kappa shape index (κ1) is 15.6. The molecule has 1 aromatic heterocycles. The smallest absolute Gasteiger partial charge is 0.419 e. The molecule has 0 radical (unpaired) electrons. The number of furan rings is 1. The second-order valence-electron chi connectivity index (χ2n) is 4.68. The van der Waals surface area contributed by atoms with E-state index in [1.54, 1.807) is 6.07 Å². The van der Waals surface area contributed by atoms with Crippen molar-refractivity contribution in [1.29, 1.82) is 0 Å². The number of hydrogen-bond acceptors (Lipinski definition) is 2. The van der Waals surface area contributed by atoms with Crippen molar-refractivity contribution in [1.82, 2.24) is 5.32 Å². The molecule has 0 aliphatic heterocycles. The highest BCUT2D eigenvalue weighted by atomic mass is 19.4. The predicted molar refractivity (Wildman–Crippen MR) is 70.2 cm³/mol. The van der Waals surface area contributed by atoms with Crippen LogP contribution < -0.4 is 5.32 Å². The summed E-state index contributed by atoms with van der Waals surface area (Å²) in [5.41, 5.74) is -0.0920. The van der Waals surface area contributed by atoms with Crippen LogP contribution in [-0.2, 0) is 6.18 Å². The number of nitrogens with one attached hydrogen (secondary N) is 1. The Morgan fingerprint density at radius 1 is 1.19 bits per heavy atom. The Morgan fingerprint density at radius 3 is 2.48 bits per heavy atom. The zero-order valence-electron chi connectivity index (χ0n) is 11.4. The molecule has 21 heavy (non-hydrogen) atoms. The van der Waals surface area contributed by atoms with Gasteiger partial charge in [-0.25, -0.2) is 4.39 Å². The lowest BCUT2D eigenvalue weighted by Crippen LogP contribution is -2.23. The van der Waals surface area contributed by atoms with E-state index >= 15 is 0 Å². The summed E-state index contributed by atoms with van der Waals surface area (Å²) in [7, 11) is 0. The van der Waals surface area contributed by atoms with Crippen molar-refractivity contribution in [2.24, 2.45) is 0 Å². The fourth-order valence-electron chi connectivity index (χ4n) is 2.10. The minimum Gasteiger partial charge on any atom is -0.472 e. The van der Waals surface area contributed by atoms with Crippen molar-refractivity contribution >= 4 is 0 Å². The molecule has 0 aliphatic carbocycles. The molecule has 0 fully saturated rings. The largest absolute Gasteiger partial charge is 0.472 e. The Bertz CT molecular complexity index is 578. The third kappa shape index (κ3) is 3.64. The van der Waals surface area contributed by atoms with Crippen LogP contribution in [0.5, 0.6) is 0 Å². The van der Waals surface area contributed by atoms with Crippen LogP contribution in [0.1, 0.15) is 36.1 Å².